The normalized spacial score (nSPS) is 18.9. The Balaban J connectivity index is 2.35. The van der Waals surface area contributed by atoms with Crippen LogP contribution in [0, 0.1) is 0 Å². The molecule has 0 saturated heterocycles. The third-order valence-electron chi connectivity index (χ3n) is 2.78. The van der Waals surface area contributed by atoms with Gasteiger partial charge in [0.15, 0.2) is 0 Å². The first-order chi connectivity index (χ1) is 10.7. The molecule has 1 aliphatic rings. The molecule has 10 heteroatoms. The number of benzene rings is 1. The van der Waals surface area contributed by atoms with Gasteiger partial charge in [0.25, 0.3) is 6.29 Å². The maximum Gasteiger partial charge on any atom is 0.320 e. The lowest BCUT2D eigenvalue weighted by Crippen LogP contribution is -2.54. The molecule has 0 aromatic heterocycles. The molecule has 2 amide bonds. The lowest BCUT2D eigenvalue weighted by molar-refractivity contribution is -0.160. The van der Waals surface area contributed by atoms with Crippen LogP contribution in [0.15, 0.2) is 24.3 Å². The highest BCUT2D eigenvalue weighted by atomic mass is 35.6. The topological polar surface area (TPSA) is 77.1 Å². The summed E-state index contributed by atoms with van der Waals surface area (Å²) in [5.41, 5.74) is 0.287. The first kappa shape index (κ1) is 18.1. The summed E-state index contributed by atoms with van der Waals surface area (Å²) in [6, 6.07) is 6.57. The molecule has 126 valence electrons. The predicted octanol–water partition coefficient (Wildman–Crippen LogP) is 2.15. The van der Waals surface area contributed by atoms with Crippen molar-refractivity contribution in [3.05, 3.63) is 24.3 Å². The van der Waals surface area contributed by atoms with Crippen molar-refractivity contribution in [2.24, 2.45) is 0 Å². The fraction of sp³-hybridized carbons (Fsp3) is 0.385. The van der Waals surface area contributed by atoms with E-state index in [1.54, 1.807) is 24.3 Å². The molecule has 1 aromatic rings. The van der Waals surface area contributed by atoms with Crippen LogP contribution in [0.5, 0.6) is 5.75 Å². The lowest BCUT2D eigenvalue weighted by atomic mass is 10.2. The largest absolute Gasteiger partial charge is 0.453 e. The van der Waals surface area contributed by atoms with E-state index in [2.05, 4.69) is 5.32 Å². The van der Waals surface area contributed by atoms with Crippen molar-refractivity contribution < 1.29 is 23.9 Å². The Hall–Kier alpha value is -1.25. The zero-order chi connectivity index (χ0) is 17.2. The summed E-state index contributed by atoms with van der Waals surface area (Å²) < 4.78 is 8.34. The van der Waals surface area contributed by atoms with Gasteiger partial charge in [0.1, 0.15) is 11.4 Å². The van der Waals surface area contributed by atoms with Crippen LogP contribution in [0.4, 0.5) is 5.69 Å². The summed E-state index contributed by atoms with van der Waals surface area (Å²) in [6.07, 6.45) is -2.63. The standard InChI is InChI=1S/C13H13Cl3N2O5/c1-7(19)17-12(13(14,15)16)23-18-8-5-3-4-6-9(8)22-11(21-2)10(18)20/h3-6,11-12H,1-2H3,(H,17,19)/t11-,12+/m0/s1. The second-order valence-corrected chi connectivity index (χ2v) is 6.88. The zero-order valence-corrected chi connectivity index (χ0v) is 14.4. The second kappa shape index (κ2) is 7.11. The minimum absolute atomic E-state index is 0.287. The van der Waals surface area contributed by atoms with Gasteiger partial charge in [-0.25, -0.2) is 4.84 Å². The quantitative estimate of drug-likeness (QED) is 0.637. The van der Waals surface area contributed by atoms with Gasteiger partial charge >= 0.3 is 5.91 Å². The fourth-order valence-electron chi connectivity index (χ4n) is 1.82. The summed E-state index contributed by atoms with van der Waals surface area (Å²) in [7, 11) is 1.30. The Morgan fingerprint density at radius 1 is 1.39 bits per heavy atom. The number of rotatable bonds is 4. The Morgan fingerprint density at radius 2 is 2.04 bits per heavy atom. The highest BCUT2D eigenvalue weighted by Gasteiger charge is 2.42. The number of hydrogen-bond donors (Lipinski definition) is 1. The molecule has 7 nitrogen and oxygen atoms in total. The number of alkyl halides is 3. The molecule has 0 saturated carbocycles. The smallest absolute Gasteiger partial charge is 0.320 e. The van der Waals surface area contributed by atoms with E-state index in [0.717, 1.165) is 5.06 Å². The summed E-state index contributed by atoms with van der Waals surface area (Å²) in [4.78, 5) is 29.1. The number of carbonyl (C=O) groups excluding carboxylic acids is 2. The van der Waals surface area contributed by atoms with Crippen LogP contribution in [0.2, 0.25) is 0 Å². The van der Waals surface area contributed by atoms with Crippen molar-refractivity contribution in [2.75, 3.05) is 12.2 Å². The van der Waals surface area contributed by atoms with E-state index in [1.165, 1.54) is 14.0 Å². The van der Waals surface area contributed by atoms with E-state index in [1.807, 2.05) is 0 Å². The Morgan fingerprint density at radius 3 is 2.61 bits per heavy atom. The number of fused-ring (bicyclic) bond motifs is 1. The molecule has 0 fully saturated rings. The van der Waals surface area contributed by atoms with Crippen LogP contribution in [0.3, 0.4) is 0 Å². The first-order valence-electron chi connectivity index (χ1n) is 6.37. The van der Waals surface area contributed by atoms with Gasteiger partial charge in [-0.1, -0.05) is 46.9 Å². The summed E-state index contributed by atoms with van der Waals surface area (Å²) in [6.45, 7) is 1.22. The molecular weight excluding hydrogens is 371 g/mol. The highest BCUT2D eigenvalue weighted by molar-refractivity contribution is 6.68. The molecule has 2 atom stereocenters. The third-order valence-corrected chi connectivity index (χ3v) is 3.37. The number of nitrogens with one attached hydrogen (secondary N) is 1. The molecule has 1 N–H and O–H groups in total. The van der Waals surface area contributed by atoms with Crippen LogP contribution in [0.25, 0.3) is 0 Å². The van der Waals surface area contributed by atoms with Gasteiger partial charge in [0, 0.05) is 14.0 Å². The third kappa shape index (κ3) is 4.19. The van der Waals surface area contributed by atoms with Crippen molar-refractivity contribution in [2.45, 2.75) is 23.2 Å². The van der Waals surface area contributed by atoms with Gasteiger partial charge in [-0.05, 0) is 12.1 Å². The van der Waals surface area contributed by atoms with Crippen molar-refractivity contribution in [3.8, 4) is 5.75 Å². The molecule has 1 heterocycles. The number of nitrogens with zero attached hydrogens (tertiary/aromatic N) is 1. The average Bonchev–Trinajstić information content (AvgIpc) is 2.47. The predicted molar refractivity (Wildman–Crippen MR) is 84.3 cm³/mol. The number of ether oxygens (including phenoxy) is 2. The van der Waals surface area contributed by atoms with Gasteiger partial charge in [-0.15, -0.1) is 0 Å². The Labute approximate surface area is 147 Å². The van der Waals surface area contributed by atoms with E-state index < -0.39 is 28.1 Å². The summed E-state index contributed by atoms with van der Waals surface area (Å²) in [5.74, 6) is -0.834. The van der Waals surface area contributed by atoms with Crippen LogP contribution in [-0.2, 0) is 19.2 Å². The second-order valence-electron chi connectivity index (χ2n) is 4.51. The van der Waals surface area contributed by atoms with Crippen molar-refractivity contribution in [1.82, 2.24) is 5.32 Å². The highest BCUT2D eigenvalue weighted by Crippen LogP contribution is 2.37. The number of amides is 2. The van der Waals surface area contributed by atoms with Crippen LogP contribution < -0.4 is 15.1 Å². The van der Waals surface area contributed by atoms with Gasteiger partial charge < -0.3 is 14.8 Å². The van der Waals surface area contributed by atoms with E-state index in [0.29, 0.717) is 5.75 Å². The van der Waals surface area contributed by atoms with Crippen LogP contribution in [0.1, 0.15) is 6.92 Å². The molecule has 1 aromatic carbocycles. The molecule has 0 spiro atoms. The zero-order valence-electron chi connectivity index (χ0n) is 12.1. The molecule has 0 radical (unpaired) electrons. The number of hydrogen-bond acceptors (Lipinski definition) is 5. The Bertz CT molecular complexity index is 608. The molecule has 0 unspecified atom stereocenters. The van der Waals surface area contributed by atoms with E-state index in [-0.39, 0.29) is 5.69 Å². The van der Waals surface area contributed by atoms with Crippen molar-refractivity contribution in [3.63, 3.8) is 0 Å². The number of halogens is 3. The van der Waals surface area contributed by atoms with Gasteiger partial charge in [-0.2, -0.15) is 5.06 Å². The number of methoxy groups -OCH3 is 1. The van der Waals surface area contributed by atoms with Gasteiger partial charge in [0.05, 0.1) is 0 Å². The van der Waals surface area contributed by atoms with Gasteiger partial charge in [-0.3, -0.25) is 9.59 Å². The van der Waals surface area contributed by atoms with Crippen LogP contribution >= 0.6 is 34.8 Å². The summed E-state index contributed by atoms with van der Waals surface area (Å²) >= 11 is 17.4. The summed E-state index contributed by atoms with van der Waals surface area (Å²) in [5, 5.41) is 3.19. The lowest BCUT2D eigenvalue weighted by Gasteiger charge is -2.36. The van der Waals surface area contributed by atoms with Crippen molar-refractivity contribution in [1.29, 1.82) is 0 Å². The molecule has 0 bridgehead atoms. The van der Waals surface area contributed by atoms with E-state index in [4.69, 9.17) is 49.1 Å². The number of para-hydroxylation sites is 2. The van der Waals surface area contributed by atoms with Gasteiger partial charge in [0.2, 0.25) is 15.9 Å². The number of hydroxylamine groups is 1. The SMILES string of the molecule is CO[C@H]1Oc2ccccc2N(O[C@@H](NC(C)=O)C(Cl)(Cl)Cl)C1=O. The average molecular weight is 384 g/mol. The minimum Gasteiger partial charge on any atom is -0.453 e. The number of carbonyl (C=O) groups is 2. The fourth-order valence-corrected chi connectivity index (χ4v) is 2.10. The molecule has 0 aliphatic carbocycles. The maximum absolute atomic E-state index is 12.4. The number of anilines is 1. The van der Waals surface area contributed by atoms with E-state index in [9.17, 15) is 9.59 Å². The Kier molecular flexibility index (Phi) is 5.59. The van der Waals surface area contributed by atoms with Crippen LogP contribution in [-0.4, -0.2) is 35.2 Å². The molecule has 2 rings (SSSR count). The monoisotopic (exact) mass is 382 g/mol. The van der Waals surface area contributed by atoms with E-state index >= 15 is 0 Å². The molecule has 1 aliphatic heterocycles. The molecule has 23 heavy (non-hydrogen) atoms. The van der Waals surface area contributed by atoms with Crippen molar-refractivity contribution >= 4 is 52.3 Å². The maximum atomic E-state index is 12.4. The molecular formula is C13H13Cl3N2O5. The first-order valence-corrected chi connectivity index (χ1v) is 7.50. The minimum atomic E-state index is -2.01.